The van der Waals surface area contributed by atoms with Crippen LogP contribution >= 0.6 is 0 Å². The third kappa shape index (κ3) is 3.66. The van der Waals surface area contributed by atoms with E-state index in [2.05, 4.69) is 26.2 Å². The number of nitrogens with zero attached hydrogens (tertiary/aromatic N) is 5. The first-order valence-electron chi connectivity index (χ1n) is 7.56. The molecule has 0 spiro atoms. The summed E-state index contributed by atoms with van der Waals surface area (Å²) in [5, 5.41) is 12.4. The number of nitrogens with one attached hydrogen (secondary N) is 1. The van der Waals surface area contributed by atoms with E-state index < -0.39 is 21.6 Å². The molecule has 0 fully saturated rings. The van der Waals surface area contributed by atoms with Crippen molar-refractivity contribution in [3.8, 4) is 12.3 Å². The molecule has 2 aromatic heterocycles. The smallest absolute Gasteiger partial charge is 0.265 e. The predicted octanol–water partition coefficient (Wildman–Crippen LogP) is 1.13. The Kier molecular flexibility index (Phi) is 4.26. The number of aromatic nitrogens is 3. The van der Waals surface area contributed by atoms with Gasteiger partial charge >= 0.3 is 0 Å². The second kappa shape index (κ2) is 6.25. The number of hydrogen-bond acceptors (Lipinski definition) is 7. The van der Waals surface area contributed by atoms with Crippen LogP contribution in [0.15, 0.2) is 33.6 Å². The Bertz CT molecular complexity index is 996. The van der Waals surface area contributed by atoms with Crippen LogP contribution in [0.4, 0.5) is 0 Å². The van der Waals surface area contributed by atoms with Gasteiger partial charge < -0.3 is 0 Å². The van der Waals surface area contributed by atoms with Crippen molar-refractivity contribution in [2.24, 2.45) is 17.3 Å². The Morgan fingerprint density at radius 2 is 2.12 bits per heavy atom. The van der Waals surface area contributed by atoms with Crippen molar-refractivity contribution in [1.82, 2.24) is 19.5 Å². The fourth-order valence-corrected chi connectivity index (χ4v) is 3.41. The van der Waals surface area contributed by atoms with Gasteiger partial charge in [0, 0.05) is 44.3 Å². The first kappa shape index (κ1) is 17.0. The molecule has 0 unspecified atom stereocenters. The number of carbonyl (C=O) groups excluding carboxylic acids is 1. The van der Waals surface area contributed by atoms with E-state index in [-0.39, 0.29) is 11.3 Å². The molecule has 0 saturated heterocycles. The van der Waals surface area contributed by atoms with Gasteiger partial charge in [0.05, 0.1) is 6.20 Å². The van der Waals surface area contributed by atoms with Crippen LogP contribution in [-0.2, 0) is 21.9 Å². The van der Waals surface area contributed by atoms with Crippen LogP contribution < -0.4 is 4.72 Å². The Morgan fingerprint density at radius 1 is 1.36 bits per heavy atom. The zero-order valence-electron chi connectivity index (χ0n) is 13.5. The zero-order chi connectivity index (χ0) is 18.1. The van der Waals surface area contributed by atoms with Crippen LogP contribution in [0.25, 0.3) is 11.0 Å². The highest BCUT2D eigenvalue weighted by molar-refractivity contribution is 7.90. The van der Waals surface area contributed by atoms with Gasteiger partial charge in [0.1, 0.15) is 4.90 Å². The number of fused-ring (bicyclic) bond motifs is 1. The molecule has 0 aliphatic carbocycles. The Hall–Kier alpha value is -2.80. The van der Waals surface area contributed by atoms with E-state index in [4.69, 9.17) is 6.42 Å². The Balaban J connectivity index is 1.64. The molecule has 0 bridgehead atoms. The highest BCUT2D eigenvalue weighted by Crippen LogP contribution is 2.37. The average molecular weight is 360 g/mol. The summed E-state index contributed by atoms with van der Waals surface area (Å²) in [5.74, 6) is 1.88. The molecule has 25 heavy (non-hydrogen) atoms. The van der Waals surface area contributed by atoms with E-state index in [1.54, 1.807) is 7.05 Å². The zero-order valence-corrected chi connectivity index (χ0v) is 14.3. The second-order valence-electron chi connectivity index (χ2n) is 5.77. The van der Waals surface area contributed by atoms with Gasteiger partial charge in [0.2, 0.25) is 5.91 Å². The van der Waals surface area contributed by atoms with Gasteiger partial charge in [-0.15, -0.1) is 12.3 Å². The first-order chi connectivity index (χ1) is 11.9. The number of terminal acetylenes is 1. The molecule has 3 rings (SSSR count). The third-order valence-corrected chi connectivity index (χ3v) is 5.25. The molecule has 10 heteroatoms. The summed E-state index contributed by atoms with van der Waals surface area (Å²) >= 11 is 0. The van der Waals surface area contributed by atoms with Crippen LogP contribution in [0.3, 0.4) is 0 Å². The maximum absolute atomic E-state index is 12.3. The van der Waals surface area contributed by atoms with Gasteiger partial charge in [0.25, 0.3) is 10.0 Å². The van der Waals surface area contributed by atoms with Crippen molar-refractivity contribution >= 4 is 27.0 Å². The summed E-state index contributed by atoms with van der Waals surface area (Å²) in [6, 6.07) is 1.42. The lowest BCUT2D eigenvalue weighted by atomic mass is 10.0. The van der Waals surface area contributed by atoms with Gasteiger partial charge in [-0.05, 0) is 6.07 Å². The number of sulfonamides is 1. The summed E-state index contributed by atoms with van der Waals surface area (Å²) in [7, 11) is -2.29. The molecular weight excluding hydrogens is 344 g/mol. The molecule has 0 aromatic carbocycles. The molecule has 1 aliphatic rings. The lowest BCUT2D eigenvalue weighted by Crippen LogP contribution is -2.31. The van der Waals surface area contributed by atoms with Crippen molar-refractivity contribution in [1.29, 1.82) is 0 Å². The van der Waals surface area contributed by atoms with Crippen LogP contribution in [0.1, 0.15) is 25.7 Å². The topological polar surface area (TPSA) is 119 Å². The number of rotatable bonds is 7. The summed E-state index contributed by atoms with van der Waals surface area (Å²) in [5.41, 5.74) is -0.0680. The quantitative estimate of drug-likeness (QED) is 0.742. The monoisotopic (exact) mass is 360 g/mol. The fourth-order valence-electron chi connectivity index (χ4n) is 2.41. The molecule has 0 atom stereocenters. The number of aryl methyl sites for hydroxylation is 1. The largest absolute Gasteiger partial charge is 0.274 e. The lowest BCUT2D eigenvalue weighted by Gasteiger charge is -2.09. The van der Waals surface area contributed by atoms with E-state index in [1.807, 2.05) is 4.72 Å². The van der Waals surface area contributed by atoms with Crippen LogP contribution in [0, 0.1) is 12.3 Å². The molecule has 0 radical (unpaired) electrons. The molecule has 1 amide bonds. The van der Waals surface area contributed by atoms with Gasteiger partial charge in [-0.2, -0.15) is 15.3 Å². The van der Waals surface area contributed by atoms with E-state index in [0.717, 1.165) is 0 Å². The fraction of sp³-hybridized carbons (Fsp3) is 0.400. The summed E-state index contributed by atoms with van der Waals surface area (Å²) in [6.07, 6.45) is 9.29. The highest BCUT2D eigenvalue weighted by Gasteiger charge is 2.39. The Labute approximate surface area is 144 Å². The van der Waals surface area contributed by atoms with E-state index in [1.165, 1.54) is 23.1 Å². The molecule has 2 aromatic rings. The molecule has 1 N–H and O–H groups in total. The predicted molar refractivity (Wildman–Crippen MR) is 88.7 cm³/mol. The van der Waals surface area contributed by atoms with Gasteiger partial charge in [-0.1, -0.05) is 0 Å². The summed E-state index contributed by atoms with van der Waals surface area (Å²) < 4.78 is 28.2. The molecular formula is C15H16N6O3S. The lowest BCUT2D eigenvalue weighted by molar-refractivity contribution is -0.119. The molecule has 0 saturated carbocycles. The van der Waals surface area contributed by atoms with Crippen molar-refractivity contribution in [2.45, 2.75) is 36.2 Å². The molecule has 9 nitrogen and oxygen atoms in total. The van der Waals surface area contributed by atoms with Gasteiger partial charge in [-0.25, -0.2) is 18.1 Å². The number of hydrogen-bond donors (Lipinski definition) is 1. The average Bonchev–Trinajstić information content (AvgIpc) is 3.26. The second-order valence-corrected chi connectivity index (χ2v) is 7.45. The third-order valence-electron chi connectivity index (χ3n) is 3.91. The number of carbonyl (C=O) groups is 1. The van der Waals surface area contributed by atoms with Gasteiger partial charge in [0.15, 0.2) is 11.3 Å². The first-order valence-corrected chi connectivity index (χ1v) is 9.04. The minimum atomic E-state index is -4.00. The standard InChI is InChI=1S/C15H16N6O3S/c1-3-4-6-15(19-20-15)7-5-13(22)18-25(23,24)12-8-11-9-17-21(2)14(11)16-10-12/h1,8-10H,4-7H2,2H3,(H,18,22). The SMILES string of the molecule is C#CCCC1(CCC(=O)NS(=O)(=O)c2cnc3c(cnn3C)c2)N=N1. The minimum absolute atomic E-state index is 0.0145. The van der Waals surface area contributed by atoms with Crippen molar-refractivity contribution in [2.75, 3.05) is 0 Å². The molecule has 130 valence electrons. The van der Waals surface area contributed by atoms with Crippen molar-refractivity contribution in [3.63, 3.8) is 0 Å². The maximum Gasteiger partial charge on any atom is 0.265 e. The van der Waals surface area contributed by atoms with Crippen LogP contribution in [-0.4, -0.2) is 34.8 Å². The highest BCUT2D eigenvalue weighted by atomic mass is 32.2. The van der Waals surface area contributed by atoms with Crippen molar-refractivity contribution < 1.29 is 13.2 Å². The maximum atomic E-state index is 12.3. The van der Waals surface area contributed by atoms with E-state index in [9.17, 15) is 13.2 Å². The normalized spacial score (nSPS) is 15.0. The van der Waals surface area contributed by atoms with Gasteiger partial charge in [-0.3, -0.25) is 9.48 Å². The van der Waals surface area contributed by atoms with Crippen LogP contribution in [0.5, 0.6) is 0 Å². The van der Waals surface area contributed by atoms with E-state index >= 15 is 0 Å². The Morgan fingerprint density at radius 3 is 2.80 bits per heavy atom. The minimum Gasteiger partial charge on any atom is -0.274 e. The number of pyridine rings is 1. The van der Waals surface area contributed by atoms with Crippen molar-refractivity contribution in [3.05, 3.63) is 18.5 Å². The van der Waals surface area contributed by atoms with Crippen LogP contribution in [0.2, 0.25) is 0 Å². The molecule has 3 heterocycles. The summed E-state index contributed by atoms with van der Waals surface area (Å²) in [4.78, 5) is 16.0. The number of amides is 1. The summed E-state index contributed by atoms with van der Waals surface area (Å²) in [6.45, 7) is 0. The molecule has 1 aliphatic heterocycles. The van der Waals surface area contributed by atoms with E-state index in [0.29, 0.717) is 30.3 Å².